The Morgan fingerprint density at radius 2 is 1.58 bits per heavy atom. The van der Waals surface area contributed by atoms with Crippen LogP contribution in [0.25, 0.3) is 0 Å². The Morgan fingerprint density at radius 3 is 2.17 bits per heavy atom. The van der Waals surface area contributed by atoms with Gasteiger partial charge in [-0.25, -0.2) is 0 Å². The van der Waals surface area contributed by atoms with E-state index in [1.165, 1.54) is 0 Å². The predicted octanol–water partition coefficient (Wildman–Crippen LogP) is 0.385. The highest BCUT2D eigenvalue weighted by molar-refractivity contribution is 5.80. The Kier molecular flexibility index (Phi) is 6.85. The Labute approximate surface area is 143 Å². The van der Waals surface area contributed by atoms with E-state index in [1.807, 2.05) is 4.90 Å². The summed E-state index contributed by atoms with van der Waals surface area (Å²) in [5, 5.41) is 3.16. The molecule has 4 aliphatic rings. The molecule has 1 atom stereocenters. The number of rotatable bonds is 1. The third-order valence-electron chi connectivity index (χ3n) is 5.04. The van der Waals surface area contributed by atoms with Crippen molar-refractivity contribution in [3.8, 4) is 0 Å². The minimum Gasteiger partial charge on any atom is -0.379 e. The van der Waals surface area contributed by atoms with Gasteiger partial charge in [0.2, 0.25) is 5.91 Å². The lowest BCUT2D eigenvalue weighted by atomic mass is 9.82. The number of hydrogen-bond donors (Lipinski definition) is 1. The molecule has 0 bridgehead atoms. The van der Waals surface area contributed by atoms with Crippen molar-refractivity contribution in [3.05, 3.63) is 0 Å². The molecule has 7 nitrogen and oxygen atoms in total. The predicted molar refractivity (Wildman–Crippen MR) is 87.7 cm³/mol. The normalized spacial score (nSPS) is 29.8. The SMILES string of the molecule is C1COCCN1.O=C(C1CCCCC12OCCO2)N1CCOCC1. The van der Waals surface area contributed by atoms with Gasteiger partial charge in [-0.15, -0.1) is 0 Å². The molecule has 0 radical (unpaired) electrons. The van der Waals surface area contributed by atoms with E-state index in [2.05, 4.69) is 5.32 Å². The van der Waals surface area contributed by atoms with Crippen LogP contribution in [0, 0.1) is 5.92 Å². The van der Waals surface area contributed by atoms with Crippen LogP contribution in [-0.4, -0.2) is 82.4 Å². The molecule has 1 N–H and O–H groups in total. The Balaban J connectivity index is 0.000000238. The van der Waals surface area contributed by atoms with E-state index in [0.29, 0.717) is 39.5 Å². The number of amides is 1. The third-order valence-corrected chi connectivity index (χ3v) is 5.04. The fourth-order valence-corrected chi connectivity index (χ4v) is 3.76. The molecule has 3 aliphatic heterocycles. The molecule has 1 aliphatic carbocycles. The summed E-state index contributed by atoms with van der Waals surface area (Å²) in [7, 11) is 0. The van der Waals surface area contributed by atoms with Crippen LogP contribution in [0.4, 0.5) is 0 Å². The van der Waals surface area contributed by atoms with Gasteiger partial charge in [0.25, 0.3) is 0 Å². The number of nitrogens with one attached hydrogen (secondary N) is 1. The zero-order valence-electron chi connectivity index (χ0n) is 14.5. The van der Waals surface area contributed by atoms with Crippen molar-refractivity contribution in [2.45, 2.75) is 31.5 Å². The van der Waals surface area contributed by atoms with E-state index in [-0.39, 0.29) is 11.8 Å². The van der Waals surface area contributed by atoms with Crippen LogP contribution < -0.4 is 5.32 Å². The quantitative estimate of drug-likeness (QED) is 0.743. The van der Waals surface area contributed by atoms with Crippen molar-refractivity contribution >= 4 is 5.91 Å². The molecule has 0 aromatic rings. The van der Waals surface area contributed by atoms with E-state index in [1.54, 1.807) is 0 Å². The van der Waals surface area contributed by atoms with E-state index in [0.717, 1.165) is 52.0 Å². The lowest BCUT2D eigenvalue weighted by molar-refractivity contribution is -0.217. The lowest BCUT2D eigenvalue weighted by Crippen LogP contribution is -2.53. The molecular formula is C17H30N2O5. The molecule has 7 heteroatoms. The van der Waals surface area contributed by atoms with E-state index < -0.39 is 5.79 Å². The van der Waals surface area contributed by atoms with Crippen molar-refractivity contribution in [3.63, 3.8) is 0 Å². The minimum absolute atomic E-state index is 0.119. The van der Waals surface area contributed by atoms with Crippen molar-refractivity contribution < 1.29 is 23.7 Å². The summed E-state index contributed by atoms with van der Waals surface area (Å²) in [5.74, 6) is -0.542. The number of carbonyl (C=O) groups excluding carboxylic acids is 1. The van der Waals surface area contributed by atoms with Crippen molar-refractivity contribution in [1.82, 2.24) is 10.2 Å². The average molecular weight is 342 g/mol. The van der Waals surface area contributed by atoms with Gasteiger partial charge in [-0.2, -0.15) is 0 Å². The first-order valence-corrected chi connectivity index (χ1v) is 9.25. The number of hydrogen-bond acceptors (Lipinski definition) is 6. The number of ether oxygens (including phenoxy) is 4. The Hall–Kier alpha value is -0.730. The second-order valence-electron chi connectivity index (χ2n) is 6.61. The summed E-state index contributed by atoms with van der Waals surface area (Å²) in [5.41, 5.74) is 0. The highest BCUT2D eigenvalue weighted by atomic mass is 16.7. The summed E-state index contributed by atoms with van der Waals surface area (Å²) in [6, 6.07) is 0. The van der Waals surface area contributed by atoms with Gasteiger partial charge in [0.05, 0.1) is 45.6 Å². The molecule has 24 heavy (non-hydrogen) atoms. The minimum atomic E-state index is -0.617. The van der Waals surface area contributed by atoms with E-state index in [9.17, 15) is 4.79 Å². The molecule has 4 fully saturated rings. The van der Waals surface area contributed by atoms with Crippen LogP contribution in [0.2, 0.25) is 0 Å². The van der Waals surface area contributed by atoms with Gasteiger partial charge >= 0.3 is 0 Å². The first kappa shape index (κ1) is 18.1. The number of nitrogens with zero attached hydrogens (tertiary/aromatic N) is 1. The van der Waals surface area contributed by atoms with Crippen LogP contribution in [0.1, 0.15) is 25.7 Å². The summed E-state index contributed by atoms with van der Waals surface area (Å²) < 4.78 is 21.9. The second-order valence-corrected chi connectivity index (χ2v) is 6.61. The molecule has 1 saturated carbocycles. The van der Waals surface area contributed by atoms with Gasteiger partial charge in [-0.3, -0.25) is 4.79 Å². The summed E-state index contributed by atoms with van der Waals surface area (Å²) >= 11 is 0. The van der Waals surface area contributed by atoms with Gasteiger partial charge < -0.3 is 29.2 Å². The van der Waals surface area contributed by atoms with E-state index in [4.69, 9.17) is 18.9 Å². The standard InChI is InChI=1S/C13H21NO4.C4H9NO/c15-12(14-5-7-16-8-6-14)11-3-1-2-4-13(11)17-9-10-18-13;1-3-6-4-2-5-1/h11H,1-10H2;5H,1-4H2. The topological polar surface area (TPSA) is 69.3 Å². The van der Waals surface area contributed by atoms with Gasteiger partial charge in [-0.05, 0) is 12.8 Å². The number of carbonyl (C=O) groups is 1. The smallest absolute Gasteiger partial charge is 0.231 e. The fourth-order valence-electron chi connectivity index (χ4n) is 3.76. The summed E-state index contributed by atoms with van der Waals surface area (Å²) in [6.07, 6.45) is 3.92. The fraction of sp³-hybridized carbons (Fsp3) is 0.941. The van der Waals surface area contributed by atoms with Gasteiger partial charge in [0.1, 0.15) is 0 Å². The summed E-state index contributed by atoms with van der Waals surface area (Å²) in [6.45, 7) is 7.76. The zero-order valence-corrected chi connectivity index (χ0v) is 14.5. The second kappa shape index (κ2) is 9.10. The monoisotopic (exact) mass is 342 g/mol. The highest BCUT2D eigenvalue weighted by Crippen LogP contribution is 2.41. The van der Waals surface area contributed by atoms with Crippen LogP contribution in [-0.2, 0) is 23.7 Å². The van der Waals surface area contributed by atoms with Gasteiger partial charge in [0.15, 0.2) is 5.79 Å². The molecule has 1 unspecified atom stereocenters. The van der Waals surface area contributed by atoms with Crippen LogP contribution in [0.3, 0.4) is 0 Å². The Bertz CT molecular complexity index is 379. The van der Waals surface area contributed by atoms with Crippen LogP contribution in [0.15, 0.2) is 0 Å². The molecule has 3 saturated heterocycles. The lowest BCUT2D eigenvalue weighted by Gasteiger charge is -2.41. The van der Waals surface area contributed by atoms with E-state index >= 15 is 0 Å². The molecule has 0 aromatic carbocycles. The molecule has 4 rings (SSSR count). The maximum atomic E-state index is 12.6. The average Bonchev–Trinajstić information content (AvgIpc) is 3.13. The first-order valence-electron chi connectivity index (χ1n) is 9.25. The Morgan fingerprint density at radius 1 is 0.917 bits per heavy atom. The van der Waals surface area contributed by atoms with Gasteiger partial charge in [0, 0.05) is 32.6 Å². The largest absolute Gasteiger partial charge is 0.379 e. The molecular weight excluding hydrogens is 312 g/mol. The maximum Gasteiger partial charge on any atom is 0.231 e. The van der Waals surface area contributed by atoms with Crippen LogP contribution >= 0.6 is 0 Å². The molecule has 1 amide bonds. The molecule has 1 spiro atoms. The first-order chi connectivity index (χ1) is 11.8. The maximum absolute atomic E-state index is 12.6. The van der Waals surface area contributed by atoms with Crippen molar-refractivity contribution in [2.75, 3.05) is 65.8 Å². The van der Waals surface area contributed by atoms with Crippen molar-refractivity contribution in [2.24, 2.45) is 5.92 Å². The van der Waals surface area contributed by atoms with Crippen LogP contribution in [0.5, 0.6) is 0 Å². The highest BCUT2D eigenvalue weighted by Gasteiger charge is 2.50. The number of morpholine rings is 2. The summed E-state index contributed by atoms with van der Waals surface area (Å²) in [4.78, 5) is 14.5. The molecule has 0 aromatic heterocycles. The van der Waals surface area contributed by atoms with Gasteiger partial charge in [-0.1, -0.05) is 6.42 Å². The zero-order chi connectivity index (χ0) is 16.7. The third kappa shape index (κ3) is 4.46. The van der Waals surface area contributed by atoms with Crippen molar-refractivity contribution in [1.29, 1.82) is 0 Å². The molecule has 3 heterocycles. The molecule has 138 valence electrons.